The summed E-state index contributed by atoms with van der Waals surface area (Å²) < 4.78 is 58.9. The first kappa shape index (κ1) is 49.1. The quantitative estimate of drug-likeness (QED) is 0.158. The number of aliphatic hydroxyl groups excluding tert-OH is 3. The lowest BCUT2D eigenvalue weighted by molar-refractivity contribution is -0.237. The summed E-state index contributed by atoms with van der Waals surface area (Å²) >= 11 is 0.388. The van der Waals surface area contributed by atoms with Crippen molar-refractivity contribution in [3.8, 4) is 5.75 Å². The van der Waals surface area contributed by atoms with Gasteiger partial charge in [-0.3, -0.25) is 19.2 Å². The van der Waals surface area contributed by atoms with Crippen LogP contribution in [0.1, 0.15) is 112 Å². The number of esters is 2. The van der Waals surface area contributed by atoms with E-state index in [4.69, 9.17) is 19.7 Å². The maximum atomic E-state index is 18.0. The van der Waals surface area contributed by atoms with E-state index < -0.39 is 87.1 Å². The summed E-state index contributed by atoms with van der Waals surface area (Å²) in [5.74, 6) is -4.06. The Kier molecular flexibility index (Phi) is 16.5. The molecule has 0 heterocycles. The molecule has 0 amide bonds. The molecule has 0 radical (unpaired) electrons. The predicted octanol–water partition coefficient (Wildman–Crippen LogP) is 6.70. The molecule has 4 aliphatic rings. The van der Waals surface area contributed by atoms with Crippen LogP contribution in [0, 0.1) is 28.6 Å². The number of alkyl halides is 3. The van der Waals surface area contributed by atoms with Crippen molar-refractivity contribution in [2.75, 3.05) is 19.2 Å². The fourth-order valence-corrected chi connectivity index (χ4v) is 10.2. The first-order valence-electron chi connectivity index (χ1n) is 19.9. The Morgan fingerprint density at radius 3 is 2.22 bits per heavy atom. The molecule has 5 rings (SSSR count). The number of fused-ring (bicyclic) bond motifs is 5. The van der Waals surface area contributed by atoms with Crippen molar-refractivity contribution < 1.29 is 62.2 Å². The monoisotopic (exact) mass is 841 g/mol. The topological polar surface area (TPSA) is 180 Å². The Hall–Kier alpha value is -3.24. The third-order valence-corrected chi connectivity index (χ3v) is 12.9. The molecule has 0 bridgehead atoms. The number of phenols is 1. The predicted molar refractivity (Wildman–Crippen MR) is 215 cm³/mol. The fourth-order valence-electron chi connectivity index (χ4n) is 9.42. The summed E-state index contributed by atoms with van der Waals surface area (Å²) in [6.07, 6.45) is -0.385. The lowest BCUT2D eigenvalue weighted by Gasteiger charge is -2.63. The third-order valence-electron chi connectivity index (χ3n) is 12.2. The van der Waals surface area contributed by atoms with Crippen LogP contribution in [0.3, 0.4) is 0 Å². The molecule has 0 saturated heterocycles. The molecule has 1 aromatic rings. The molecule has 4 aliphatic carbocycles. The number of benzene rings is 1. The van der Waals surface area contributed by atoms with Crippen LogP contribution in [0.5, 0.6) is 5.75 Å². The summed E-state index contributed by atoms with van der Waals surface area (Å²) in [6, 6.07) is 3.72. The number of allylic oxidation sites excluding steroid dienone is 4. The molecular weight excluding hydrogens is 780 g/mol. The Morgan fingerprint density at radius 1 is 1.05 bits per heavy atom. The number of rotatable bonds is 10. The molecule has 58 heavy (non-hydrogen) atoms. The number of carbonyl (C=O) groups excluding carboxylic acids is 4. The molecule has 3 fully saturated rings. The van der Waals surface area contributed by atoms with Crippen molar-refractivity contribution in [1.82, 2.24) is 5.32 Å². The van der Waals surface area contributed by atoms with E-state index in [-0.39, 0.29) is 62.2 Å². The SMILES string of the molecule is CC(C)(C)NCC(O)c1ccc(O)c(CO)c1.CCC(=O)O[C@H]1C[C@@]2(C)[C@@H](C[C@@H](C)[C@]2(OC(=O)CC)C(=O)SCF)[C@@H]2C[C@H](F)C3=CC(=O)C=C[C@]3(C)[C@@]12F.CCO. The maximum Gasteiger partial charge on any atom is 0.306 e. The van der Waals surface area contributed by atoms with Gasteiger partial charge in [-0.25, -0.2) is 13.2 Å². The number of carbonyl (C=O) groups is 4. The molecule has 15 heteroatoms. The van der Waals surface area contributed by atoms with E-state index in [0.29, 0.717) is 29.4 Å². The number of aromatic hydroxyl groups is 1. The number of halogens is 3. The molecule has 0 aliphatic heterocycles. The highest BCUT2D eigenvalue weighted by Gasteiger charge is 2.79. The molecule has 0 spiro atoms. The van der Waals surface area contributed by atoms with Crippen LogP contribution in [0.15, 0.2) is 42.0 Å². The molecule has 0 aromatic heterocycles. The van der Waals surface area contributed by atoms with Gasteiger partial charge in [-0.15, -0.1) is 0 Å². The van der Waals surface area contributed by atoms with Gasteiger partial charge in [0.1, 0.15) is 24.0 Å². The zero-order valence-corrected chi connectivity index (χ0v) is 35.9. The Morgan fingerprint density at radius 2 is 1.67 bits per heavy atom. The zero-order chi connectivity index (χ0) is 44.0. The minimum Gasteiger partial charge on any atom is -0.508 e. The molecule has 5 N–H and O–H groups in total. The summed E-state index contributed by atoms with van der Waals surface area (Å²) in [4.78, 5) is 51.0. The Labute approximate surface area is 344 Å². The van der Waals surface area contributed by atoms with E-state index in [1.165, 1.54) is 25.1 Å². The van der Waals surface area contributed by atoms with Gasteiger partial charge in [0, 0.05) is 59.8 Å². The number of hydrogen-bond acceptors (Lipinski definition) is 12. The van der Waals surface area contributed by atoms with Crippen molar-refractivity contribution in [3.63, 3.8) is 0 Å². The van der Waals surface area contributed by atoms with Gasteiger partial charge >= 0.3 is 11.9 Å². The molecule has 326 valence electrons. The van der Waals surface area contributed by atoms with Crippen LogP contribution in [0.25, 0.3) is 0 Å². The normalized spacial score (nSPS) is 32.8. The van der Waals surface area contributed by atoms with Gasteiger partial charge in [-0.05, 0) is 107 Å². The van der Waals surface area contributed by atoms with Crippen LogP contribution >= 0.6 is 11.8 Å². The summed E-state index contributed by atoms with van der Waals surface area (Å²) in [5, 5.41) is 38.5. The number of hydrogen-bond donors (Lipinski definition) is 5. The van der Waals surface area contributed by atoms with E-state index in [1.54, 1.807) is 46.8 Å². The standard InChI is InChI=1S/C28H35F3O6S.C13H21NO3.C2H6O/c1-6-22(33)36-21-13-26(5)17(10-15(3)28(26,24(35)38-14-29)37-23(34)7-2)18-12-20(30)19-11-16(32)8-9-25(19,4)27(18,21)31;1-13(2,3)14-7-12(17)9-4-5-11(16)10(6-9)8-15;1-2-3/h8-9,11,15,17-18,20-21H,6-7,10,12-14H2,1-5H3;4-6,12,14-17H,7-8H2,1-3H3;3H,2H2,1H3/t15-,17+,18+,20+,21+,25+,26+,27+,28+;;/m1../s1. The van der Waals surface area contributed by atoms with E-state index >= 15 is 8.78 Å². The zero-order valence-electron chi connectivity index (χ0n) is 35.1. The maximum absolute atomic E-state index is 18.0. The average molecular weight is 842 g/mol. The molecule has 11 nitrogen and oxygen atoms in total. The average Bonchev–Trinajstić information content (AvgIpc) is 3.38. The van der Waals surface area contributed by atoms with Crippen molar-refractivity contribution >= 4 is 34.6 Å². The molecule has 10 atom stereocenters. The van der Waals surface area contributed by atoms with E-state index in [9.17, 15) is 33.8 Å². The van der Waals surface area contributed by atoms with Crippen LogP contribution in [0.4, 0.5) is 13.2 Å². The highest BCUT2D eigenvalue weighted by atomic mass is 32.2. The highest BCUT2D eigenvalue weighted by molar-refractivity contribution is 8.13. The summed E-state index contributed by atoms with van der Waals surface area (Å²) in [6.45, 7) is 16.2. The van der Waals surface area contributed by atoms with E-state index in [2.05, 4.69) is 5.32 Å². The van der Waals surface area contributed by atoms with Gasteiger partial charge in [0.15, 0.2) is 17.1 Å². The summed E-state index contributed by atoms with van der Waals surface area (Å²) in [7, 11) is 0. The third kappa shape index (κ3) is 9.38. The number of nitrogens with one attached hydrogen (secondary N) is 1. The first-order chi connectivity index (χ1) is 27.0. The second-order valence-electron chi connectivity index (χ2n) is 16.9. The lowest BCUT2D eigenvalue weighted by atomic mass is 9.44. The number of aliphatic hydroxyl groups is 3. The first-order valence-corrected chi connectivity index (χ1v) is 20.9. The van der Waals surface area contributed by atoms with Gasteiger partial charge in [0.2, 0.25) is 5.12 Å². The van der Waals surface area contributed by atoms with Crippen LogP contribution in [0.2, 0.25) is 0 Å². The molecule has 3 saturated carbocycles. The van der Waals surface area contributed by atoms with Crippen molar-refractivity contribution in [1.29, 1.82) is 0 Å². The van der Waals surface area contributed by atoms with E-state index in [0.717, 1.165) is 6.08 Å². The van der Waals surface area contributed by atoms with Gasteiger partial charge in [-0.2, -0.15) is 0 Å². The van der Waals surface area contributed by atoms with Gasteiger partial charge < -0.3 is 35.2 Å². The fraction of sp³-hybridized carbons (Fsp3) is 0.674. The summed E-state index contributed by atoms with van der Waals surface area (Å²) in [5.41, 5.74) is -5.94. The number of thioether (sulfide) groups is 1. The Bertz CT molecular complexity index is 1720. The largest absolute Gasteiger partial charge is 0.508 e. The molecule has 1 aromatic carbocycles. The lowest BCUT2D eigenvalue weighted by Crippen LogP contribution is -2.71. The minimum atomic E-state index is -2.31. The van der Waals surface area contributed by atoms with Gasteiger partial charge in [0.05, 0.1) is 12.7 Å². The smallest absolute Gasteiger partial charge is 0.306 e. The van der Waals surface area contributed by atoms with Crippen LogP contribution < -0.4 is 5.32 Å². The van der Waals surface area contributed by atoms with Crippen molar-refractivity contribution in [3.05, 3.63) is 53.1 Å². The van der Waals surface area contributed by atoms with E-state index in [1.807, 2.05) is 20.8 Å². The molecular formula is C43H62F3NO10S. The van der Waals surface area contributed by atoms with Gasteiger partial charge in [-0.1, -0.05) is 39.8 Å². The number of β-amino-alcohol motifs (C(OH)–C–C–N with tert-alkyl or cyclic N) is 1. The van der Waals surface area contributed by atoms with Crippen LogP contribution in [-0.4, -0.2) is 91.5 Å². The van der Waals surface area contributed by atoms with Crippen molar-refractivity contribution in [2.45, 2.75) is 136 Å². The second-order valence-corrected chi connectivity index (χ2v) is 17.8. The number of ketones is 1. The number of ether oxygens (including phenoxy) is 2. The van der Waals surface area contributed by atoms with Crippen molar-refractivity contribution in [2.24, 2.45) is 28.6 Å². The second kappa shape index (κ2) is 19.4. The highest BCUT2D eigenvalue weighted by Crippen LogP contribution is 2.72. The van der Waals surface area contributed by atoms with Crippen LogP contribution in [-0.2, 0) is 35.3 Å². The van der Waals surface area contributed by atoms with Gasteiger partial charge in [0.25, 0.3) is 0 Å². The minimum absolute atomic E-state index is 0.00341. The Balaban J connectivity index is 0.000000375. The molecule has 1 unspecified atom stereocenters.